The summed E-state index contributed by atoms with van der Waals surface area (Å²) in [6.45, 7) is 20.3. The summed E-state index contributed by atoms with van der Waals surface area (Å²) in [5.41, 5.74) is 1.33. The molecule has 0 spiro atoms. The number of hydrogen-bond acceptors (Lipinski definition) is 5. The molecule has 31 heavy (non-hydrogen) atoms. The molecule has 9 nitrogen and oxygen atoms in total. The van der Waals surface area contributed by atoms with Crippen molar-refractivity contribution in [2.24, 2.45) is 5.41 Å². The molecule has 9 heteroatoms. The Bertz CT molecular complexity index is 1210. The van der Waals surface area contributed by atoms with Gasteiger partial charge in [-0.2, -0.15) is 10.2 Å². The van der Waals surface area contributed by atoms with E-state index in [0.717, 1.165) is 16.5 Å². The van der Waals surface area contributed by atoms with Crippen LogP contribution >= 0.6 is 0 Å². The maximum Gasteiger partial charge on any atom is 0.312 e. The average molecular weight is 417 g/mol. The zero-order valence-electron chi connectivity index (χ0n) is 17.7. The van der Waals surface area contributed by atoms with Gasteiger partial charge in [-0.3, -0.25) is 14.0 Å². The van der Waals surface area contributed by atoms with Crippen LogP contribution in [0.25, 0.3) is 31.9 Å². The van der Waals surface area contributed by atoms with Crippen LogP contribution in [0.3, 0.4) is 0 Å². The Balaban J connectivity index is 1.62. The van der Waals surface area contributed by atoms with E-state index in [-0.39, 0.29) is 18.7 Å². The van der Waals surface area contributed by atoms with Crippen LogP contribution in [0.4, 0.5) is 0 Å². The van der Waals surface area contributed by atoms with Gasteiger partial charge < -0.3 is 14.4 Å². The van der Waals surface area contributed by atoms with E-state index in [2.05, 4.69) is 25.0 Å². The van der Waals surface area contributed by atoms with E-state index in [1.807, 2.05) is 43.9 Å². The Morgan fingerprint density at radius 2 is 2.10 bits per heavy atom. The summed E-state index contributed by atoms with van der Waals surface area (Å²) >= 11 is 0. The van der Waals surface area contributed by atoms with Crippen molar-refractivity contribution in [3.8, 4) is 11.1 Å². The first-order valence-corrected chi connectivity index (χ1v) is 10.0. The number of hydrogen-bond donors (Lipinski definition) is 0. The molecule has 0 unspecified atom stereocenters. The summed E-state index contributed by atoms with van der Waals surface area (Å²) in [4.78, 5) is 19.3. The summed E-state index contributed by atoms with van der Waals surface area (Å²) in [5.74, 6) is -0.289. The highest BCUT2D eigenvalue weighted by Gasteiger charge is 2.53. The van der Waals surface area contributed by atoms with Crippen molar-refractivity contribution in [2.75, 3.05) is 6.54 Å². The first-order chi connectivity index (χ1) is 14.8. The predicted molar refractivity (Wildman–Crippen MR) is 113 cm³/mol. The minimum Gasteiger partial charge on any atom is -0.443 e. The third kappa shape index (κ3) is 3.64. The largest absolute Gasteiger partial charge is 0.443 e. The van der Waals surface area contributed by atoms with E-state index in [1.165, 1.54) is 0 Å². The van der Waals surface area contributed by atoms with Crippen LogP contribution in [-0.2, 0) is 21.8 Å². The monoisotopic (exact) mass is 417 g/mol. The number of esters is 1. The highest BCUT2D eigenvalue weighted by atomic mass is 16.5. The second kappa shape index (κ2) is 7.51. The van der Waals surface area contributed by atoms with Crippen LogP contribution in [0, 0.1) is 18.6 Å². The summed E-state index contributed by atoms with van der Waals surface area (Å²) in [7, 11) is 0. The van der Waals surface area contributed by atoms with Gasteiger partial charge in [0.15, 0.2) is 12.4 Å². The van der Waals surface area contributed by atoms with Gasteiger partial charge in [0, 0.05) is 28.9 Å². The predicted octanol–water partition coefficient (Wildman–Crippen LogP) is 3.54. The zero-order chi connectivity index (χ0) is 22.2. The minimum atomic E-state index is -0.580. The van der Waals surface area contributed by atoms with Gasteiger partial charge in [-0.1, -0.05) is 0 Å². The van der Waals surface area contributed by atoms with Gasteiger partial charge in [0.05, 0.1) is 30.7 Å². The summed E-state index contributed by atoms with van der Waals surface area (Å²) in [6.07, 6.45) is 8.44. The van der Waals surface area contributed by atoms with Crippen molar-refractivity contribution in [3.05, 3.63) is 53.7 Å². The van der Waals surface area contributed by atoms with Crippen molar-refractivity contribution in [1.82, 2.24) is 24.5 Å². The van der Waals surface area contributed by atoms with E-state index >= 15 is 0 Å². The Hall–Kier alpha value is -3.72. The van der Waals surface area contributed by atoms with E-state index in [0.29, 0.717) is 25.0 Å². The van der Waals surface area contributed by atoms with E-state index in [4.69, 9.17) is 17.9 Å². The SMILES string of the molecule is [C-]#[N+]C[C@]1(n2cc(-c3cnnc4c3ccn4COC(=O)C(C)(C)C)cn2)C[C@H]([N+]#[C-])C1. The maximum absolute atomic E-state index is 12.1. The second-order valence-corrected chi connectivity index (χ2v) is 9.00. The molecule has 4 rings (SSSR count). The molecule has 3 aromatic heterocycles. The molecule has 0 bridgehead atoms. The van der Waals surface area contributed by atoms with Gasteiger partial charge in [-0.15, -0.1) is 5.10 Å². The van der Waals surface area contributed by atoms with E-state index in [9.17, 15) is 4.79 Å². The van der Waals surface area contributed by atoms with Gasteiger partial charge in [0.2, 0.25) is 12.6 Å². The molecule has 0 aromatic carbocycles. The fourth-order valence-electron chi connectivity index (χ4n) is 3.84. The Morgan fingerprint density at radius 3 is 2.77 bits per heavy atom. The van der Waals surface area contributed by atoms with E-state index < -0.39 is 11.0 Å². The molecule has 3 heterocycles. The molecule has 3 aromatic rings. The molecule has 0 aliphatic heterocycles. The third-order valence-corrected chi connectivity index (χ3v) is 5.68. The Kier molecular flexibility index (Phi) is 4.98. The lowest BCUT2D eigenvalue weighted by atomic mass is 9.73. The number of aromatic nitrogens is 5. The average Bonchev–Trinajstić information content (AvgIpc) is 3.35. The van der Waals surface area contributed by atoms with Crippen LogP contribution in [-0.4, -0.2) is 43.1 Å². The number of carbonyl (C=O) groups excluding carboxylic acids is 1. The van der Waals surface area contributed by atoms with Gasteiger partial charge >= 0.3 is 5.97 Å². The highest BCUT2D eigenvalue weighted by molar-refractivity contribution is 5.92. The number of rotatable bonds is 5. The molecule has 0 N–H and O–H groups in total. The number of carbonyl (C=O) groups is 1. The first kappa shape index (κ1) is 20.5. The second-order valence-electron chi connectivity index (χ2n) is 9.00. The van der Waals surface area contributed by atoms with Gasteiger partial charge in [-0.25, -0.2) is 13.1 Å². The molecule has 0 saturated heterocycles. The summed E-state index contributed by atoms with van der Waals surface area (Å²) < 4.78 is 8.98. The van der Waals surface area contributed by atoms with Crippen molar-refractivity contribution in [3.63, 3.8) is 0 Å². The lowest BCUT2D eigenvalue weighted by Crippen LogP contribution is -2.50. The molecule has 1 aliphatic rings. The number of nitrogens with zero attached hydrogens (tertiary/aromatic N) is 7. The lowest BCUT2D eigenvalue weighted by molar-refractivity contribution is -0.156. The molecular formula is C22H23N7O2. The smallest absolute Gasteiger partial charge is 0.312 e. The van der Waals surface area contributed by atoms with Crippen LogP contribution in [0.1, 0.15) is 33.6 Å². The molecule has 1 saturated carbocycles. The quantitative estimate of drug-likeness (QED) is 0.468. The molecule has 1 fully saturated rings. The molecule has 1 aliphatic carbocycles. The summed E-state index contributed by atoms with van der Waals surface area (Å²) in [5, 5.41) is 13.7. The molecule has 0 radical (unpaired) electrons. The van der Waals surface area contributed by atoms with E-state index in [1.54, 1.807) is 17.0 Å². The number of ether oxygens (including phenoxy) is 1. The standard InChI is InChI=1S/C22H23N7O2/c1-21(2,3)20(30)31-14-28-7-6-17-18(11-25-27-19(17)28)15-10-26-29(12-15)22(13-23-4)8-16(9-22)24-5/h6-7,10-12,16H,8-9,13-14H2,1-3H3/t16-,22-. The highest BCUT2D eigenvalue weighted by Crippen LogP contribution is 2.42. The van der Waals surface area contributed by atoms with Gasteiger partial charge in [-0.05, 0) is 26.8 Å². The fourth-order valence-corrected chi connectivity index (χ4v) is 3.84. The van der Waals surface area contributed by atoms with Crippen LogP contribution in [0.5, 0.6) is 0 Å². The number of fused-ring (bicyclic) bond motifs is 1. The van der Waals surface area contributed by atoms with Crippen molar-refractivity contribution in [1.29, 1.82) is 0 Å². The van der Waals surface area contributed by atoms with Gasteiger partial charge in [0.25, 0.3) is 0 Å². The normalized spacial score (nSPS) is 20.6. The van der Waals surface area contributed by atoms with Crippen molar-refractivity contribution >= 4 is 17.0 Å². The van der Waals surface area contributed by atoms with Crippen molar-refractivity contribution < 1.29 is 9.53 Å². The zero-order valence-corrected chi connectivity index (χ0v) is 17.7. The van der Waals surface area contributed by atoms with Gasteiger partial charge in [0.1, 0.15) is 5.54 Å². The topological polar surface area (TPSA) is 83.6 Å². The van der Waals surface area contributed by atoms with Crippen molar-refractivity contribution in [2.45, 2.75) is 51.9 Å². The van der Waals surface area contributed by atoms with Crippen LogP contribution in [0.2, 0.25) is 0 Å². The third-order valence-electron chi connectivity index (χ3n) is 5.68. The fraction of sp³-hybridized carbons (Fsp3) is 0.455. The lowest BCUT2D eigenvalue weighted by Gasteiger charge is -2.37. The summed E-state index contributed by atoms with van der Waals surface area (Å²) in [6, 6.07) is 1.86. The van der Waals surface area contributed by atoms with Crippen LogP contribution in [0.15, 0.2) is 30.9 Å². The Morgan fingerprint density at radius 1 is 1.32 bits per heavy atom. The molecule has 158 valence electrons. The Labute approximate surface area is 180 Å². The maximum atomic E-state index is 12.1. The minimum absolute atomic E-state index is 0.0476. The molecular weight excluding hydrogens is 394 g/mol. The van der Waals surface area contributed by atoms with Crippen LogP contribution < -0.4 is 0 Å². The molecule has 0 amide bonds. The molecule has 0 atom stereocenters. The first-order valence-electron chi connectivity index (χ1n) is 10.0.